The Kier molecular flexibility index (Phi) is 7.63. The molecule has 0 amide bonds. The summed E-state index contributed by atoms with van der Waals surface area (Å²) in [6.07, 6.45) is 7.25. The zero-order chi connectivity index (χ0) is 15.8. The van der Waals surface area contributed by atoms with Crippen molar-refractivity contribution in [3.05, 3.63) is 30.3 Å². The van der Waals surface area contributed by atoms with Crippen LogP contribution in [-0.2, 0) is 14.0 Å². The molecule has 0 saturated heterocycles. The Morgan fingerprint density at radius 2 is 1.67 bits per heavy atom. The van der Waals surface area contributed by atoms with Gasteiger partial charge in [0, 0.05) is 0 Å². The van der Waals surface area contributed by atoms with Gasteiger partial charge in [0.2, 0.25) is 0 Å². The lowest BCUT2D eigenvalue weighted by Gasteiger charge is -2.23. The number of rotatable bonds is 10. The molecule has 0 aliphatic heterocycles. The van der Waals surface area contributed by atoms with E-state index in [1.54, 1.807) is 30.3 Å². The smallest absolute Gasteiger partial charge is 0.286 e. The van der Waals surface area contributed by atoms with E-state index in [2.05, 4.69) is 20.8 Å². The average Bonchev–Trinajstić information content (AvgIpc) is 2.46. The van der Waals surface area contributed by atoms with Crippen LogP contribution in [0, 0.1) is 0 Å². The maximum atomic E-state index is 12.1. The predicted octanol–water partition coefficient (Wildman–Crippen LogP) is 4.03. The summed E-state index contributed by atoms with van der Waals surface area (Å²) in [5.41, 5.74) is 0. The SMILES string of the molecule is CCCCCCCC(C)(C)[SiH2]OS(=O)(=O)c1ccccc1. The number of unbranched alkanes of at least 4 members (excludes halogenated alkanes) is 4. The van der Waals surface area contributed by atoms with Gasteiger partial charge in [-0.25, -0.2) is 0 Å². The third-order valence-electron chi connectivity index (χ3n) is 3.59. The minimum absolute atomic E-state index is 0.0219. The van der Waals surface area contributed by atoms with Gasteiger partial charge in [-0.1, -0.05) is 71.1 Å². The van der Waals surface area contributed by atoms with Crippen molar-refractivity contribution < 1.29 is 12.3 Å². The Morgan fingerprint density at radius 1 is 1.05 bits per heavy atom. The lowest BCUT2D eigenvalue weighted by Crippen LogP contribution is -2.20. The van der Waals surface area contributed by atoms with Gasteiger partial charge in [0.15, 0.2) is 9.76 Å². The zero-order valence-corrected chi connectivity index (χ0v) is 15.7. The summed E-state index contributed by atoms with van der Waals surface area (Å²) in [7, 11) is -4.71. The van der Waals surface area contributed by atoms with Crippen LogP contribution >= 0.6 is 0 Å². The first-order valence-corrected chi connectivity index (χ1v) is 10.5. The van der Waals surface area contributed by atoms with Gasteiger partial charge in [-0.15, -0.1) is 0 Å². The zero-order valence-electron chi connectivity index (χ0n) is 13.5. The van der Waals surface area contributed by atoms with Crippen LogP contribution in [0.1, 0.15) is 59.3 Å². The van der Waals surface area contributed by atoms with Gasteiger partial charge in [0.25, 0.3) is 10.1 Å². The quantitative estimate of drug-likeness (QED) is 0.481. The monoisotopic (exact) mass is 328 g/mol. The minimum Gasteiger partial charge on any atom is -0.319 e. The maximum Gasteiger partial charge on any atom is 0.286 e. The van der Waals surface area contributed by atoms with Crippen LogP contribution in [0.4, 0.5) is 0 Å². The highest BCUT2D eigenvalue weighted by Gasteiger charge is 2.24. The molecule has 0 atom stereocenters. The summed E-state index contributed by atoms with van der Waals surface area (Å²) >= 11 is 0. The fourth-order valence-electron chi connectivity index (χ4n) is 2.17. The fourth-order valence-corrected chi connectivity index (χ4v) is 5.50. The summed E-state index contributed by atoms with van der Waals surface area (Å²) in [4.78, 5) is 0.260. The van der Waals surface area contributed by atoms with Crippen molar-refractivity contribution in [1.82, 2.24) is 0 Å². The summed E-state index contributed by atoms with van der Waals surface area (Å²) in [5.74, 6) is 0. The molecule has 120 valence electrons. The highest BCUT2D eigenvalue weighted by molar-refractivity contribution is 7.87. The summed E-state index contributed by atoms with van der Waals surface area (Å²) in [5, 5.41) is 0.0219. The fraction of sp³-hybridized carbons (Fsp3) is 0.625. The highest BCUT2D eigenvalue weighted by atomic mass is 32.2. The molecule has 0 N–H and O–H groups in total. The first kappa shape index (κ1) is 18.4. The Labute approximate surface area is 132 Å². The molecule has 5 heteroatoms. The van der Waals surface area contributed by atoms with Gasteiger partial charge in [-0.05, 0) is 23.6 Å². The van der Waals surface area contributed by atoms with Crippen molar-refractivity contribution in [2.45, 2.75) is 69.2 Å². The Morgan fingerprint density at radius 3 is 2.29 bits per heavy atom. The summed E-state index contributed by atoms with van der Waals surface area (Å²) < 4.78 is 29.6. The molecule has 1 aromatic carbocycles. The van der Waals surface area contributed by atoms with Crippen LogP contribution in [0.15, 0.2) is 35.2 Å². The van der Waals surface area contributed by atoms with E-state index in [4.69, 9.17) is 3.87 Å². The van der Waals surface area contributed by atoms with Gasteiger partial charge in [-0.3, -0.25) is 0 Å². The largest absolute Gasteiger partial charge is 0.319 e. The van der Waals surface area contributed by atoms with Crippen LogP contribution in [0.5, 0.6) is 0 Å². The molecule has 3 nitrogen and oxygen atoms in total. The molecule has 0 spiro atoms. The Balaban J connectivity index is 2.42. The Bertz CT molecular complexity index is 498. The van der Waals surface area contributed by atoms with Crippen LogP contribution in [0.25, 0.3) is 0 Å². The highest BCUT2D eigenvalue weighted by Crippen LogP contribution is 2.31. The molecule has 0 aliphatic rings. The predicted molar refractivity (Wildman–Crippen MR) is 90.7 cm³/mol. The molecule has 1 rings (SSSR count). The third-order valence-corrected chi connectivity index (χ3v) is 7.29. The van der Waals surface area contributed by atoms with Gasteiger partial charge in [0.1, 0.15) is 0 Å². The van der Waals surface area contributed by atoms with Crippen molar-refractivity contribution in [3.63, 3.8) is 0 Å². The van der Waals surface area contributed by atoms with Crippen LogP contribution in [0.3, 0.4) is 0 Å². The molecule has 0 heterocycles. The second-order valence-electron chi connectivity index (χ2n) is 6.36. The van der Waals surface area contributed by atoms with Crippen LogP contribution in [0.2, 0.25) is 5.04 Å². The maximum absolute atomic E-state index is 12.1. The molecule has 0 aromatic heterocycles. The van der Waals surface area contributed by atoms with Crippen LogP contribution < -0.4 is 0 Å². The van der Waals surface area contributed by atoms with Gasteiger partial charge < -0.3 is 3.87 Å². The van der Waals surface area contributed by atoms with E-state index in [0.29, 0.717) is 0 Å². The van der Waals surface area contributed by atoms with Gasteiger partial charge in [-0.2, -0.15) is 8.42 Å². The standard InChI is InChI=1S/C16H28O3SSi/c1-4-5-6-7-11-14-16(2,3)21-19-20(17,18)15-12-9-8-10-13-15/h8-10,12-13H,4-7,11,14,21H2,1-3H3. The van der Waals surface area contributed by atoms with E-state index in [0.717, 1.165) is 12.8 Å². The van der Waals surface area contributed by atoms with E-state index in [1.807, 2.05) is 0 Å². The molecule has 1 aromatic rings. The van der Waals surface area contributed by atoms with Crippen molar-refractivity contribution in [1.29, 1.82) is 0 Å². The van der Waals surface area contributed by atoms with Crippen molar-refractivity contribution in [3.8, 4) is 0 Å². The number of benzene rings is 1. The average molecular weight is 329 g/mol. The molecule has 0 unspecified atom stereocenters. The summed E-state index contributed by atoms with van der Waals surface area (Å²) in [6.45, 7) is 6.46. The van der Waals surface area contributed by atoms with E-state index in [1.165, 1.54) is 25.7 Å². The summed E-state index contributed by atoms with van der Waals surface area (Å²) in [6, 6.07) is 8.41. The minimum atomic E-state index is -3.57. The lowest BCUT2D eigenvalue weighted by molar-refractivity contribution is 0.458. The molecule has 0 fully saturated rings. The number of hydrogen-bond donors (Lipinski definition) is 0. The van der Waals surface area contributed by atoms with E-state index in [-0.39, 0.29) is 9.93 Å². The third kappa shape index (κ3) is 7.25. The molecule has 0 bridgehead atoms. The van der Waals surface area contributed by atoms with E-state index in [9.17, 15) is 8.42 Å². The van der Waals surface area contributed by atoms with Crippen molar-refractivity contribution in [2.24, 2.45) is 0 Å². The first-order valence-electron chi connectivity index (χ1n) is 7.82. The molecule has 0 aliphatic carbocycles. The molecular formula is C16H28O3SSi. The van der Waals surface area contributed by atoms with E-state index >= 15 is 0 Å². The lowest BCUT2D eigenvalue weighted by atomic mass is 10.0. The second kappa shape index (κ2) is 8.71. The van der Waals surface area contributed by atoms with Crippen molar-refractivity contribution in [2.75, 3.05) is 0 Å². The van der Waals surface area contributed by atoms with Crippen LogP contribution in [-0.4, -0.2) is 18.2 Å². The van der Waals surface area contributed by atoms with Gasteiger partial charge in [0.05, 0.1) is 4.90 Å². The van der Waals surface area contributed by atoms with E-state index < -0.39 is 19.9 Å². The second-order valence-corrected chi connectivity index (χ2v) is 10.9. The molecule has 0 radical (unpaired) electrons. The molecular weight excluding hydrogens is 300 g/mol. The van der Waals surface area contributed by atoms with Gasteiger partial charge >= 0.3 is 0 Å². The topological polar surface area (TPSA) is 43.4 Å². The first-order chi connectivity index (χ1) is 9.87. The normalized spacial score (nSPS) is 13.1. The molecule has 21 heavy (non-hydrogen) atoms. The molecule has 0 saturated carbocycles. The van der Waals surface area contributed by atoms with Crippen molar-refractivity contribution >= 4 is 19.9 Å². The Hall–Kier alpha value is -0.653. The number of hydrogen-bond acceptors (Lipinski definition) is 3.